The molecule has 1 N–H and O–H groups in total. The molecule has 8 nitrogen and oxygen atoms in total. The highest BCUT2D eigenvalue weighted by Gasteiger charge is 2.62. The van der Waals surface area contributed by atoms with Crippen molar-refractivity contribution in [3.8, 4) is 0 Å². The number of ether oxygens (including phenoxy) is 3. The van der Waals surface area contributed by atoms with E-state index in [0.717, 1.165) is 37.9 Å². The zero-order valence-electron chi connectivity index (χ0n) is 16.6. The number of carbonyl (C=O) groups is 2. The minimum atomic E-state index is -0.727. The molecule has 5 atom stereocenters. The first-order chi connectivity index (χ1) is 13.5. The van der Waals surface area contributed by atoms with Gasteiger partial charge in [-0.2, -0.15) is 0 Å². The van der Waals surface area contributed by atoms with Crippen molar-refractivity contribution in [3.05, 3.63) is 11.3 Å². The van der Waals surface area contributed by atoms with E-state index in [2.05, 4.69) is 4.90 Å². The molecule has 0 aromatic carbocycles. The van der Waals surface area contributed by atoms with Crippen LogP contribution in [0, 0.1) is 11.8 Å². The van der Waals surface area contributed by atoms with E-state index in [4.69, 9.17) is 14.2 Å². The molecule has 4 rings (SSSR count). The second-order valence-electron chi connectivity index (χ2n) is 8.12. The van der Waals surface area contributed by atoms with Crippen LogP contribution in [-0.4, -0.2) is 91.6 Å². The molecule has 1 amide bonds. The van der Waals surface area contributed by atoms with Crippen LogP contribution in [0.25, 0.3) is 0 Å². The standard InChI is InChI=1S/C20H30N2O6/c1-12(23)15-17-13-4-3-5-14(26-2)16(13)18(22(17)19(15)24)20(25)28-11-8-21-6-9-27-10-7-21/h12-15,17,23H,3-11H2,1-2H3/t12-,13+,14+,15-,17-/m1/s1. The summed E-state index contributed by atoms with van der Waals surface area (Å²) in [4.78, 5) is 29.5. The number of morpholine rings is 1. The molecular weight excluding hydrogens is 364 g/mol. The maximum atomic E-state index is 13.0. The van der Waals surface area contributed by atoms with Crippen molar-refractivity contribution in [2.24, 2.45) is 11.8 Å². The molecule has 28 heavy (non-hydrogen) atoms. The molecule has 3 fully saturated rings. The second-order valence-corrected chi connectivity index (χ2v) is 8.12. The number of aliphatic hydroxyl groups is 1. The van der Waals surface area contributed by atoms with Gasteiger partial charge in [0.1, 0.15) is 12.3 Å². The zero-order chi connectivity index (χ0) is 19.8. The van der Waals surface area contributed by atoms with Crippen molar-refractivity contribution in [3.63, 3.8) is 0 Å². The van der Waals surface area contributed by atoms with Crippen LogP contribution in [0.2, 0.25) is 0 Å². The molecule has 2 saturated heterocycles. The Morgan fingerprint density at radius 3 is 2.75 bits per heavy atom. The Labute approximate surface area is 165 Å². The number of rotatable bonds is 6. The van der Waals surface area contributed by atoms with Crippen LogP contribution in [0.5, 0.6) is 0 Å². The lowest BCUT2D eigenvalue weighted by Gasteiger charge is -2.47. The Hall–Kier alpha value is -1.48. The van der Waals surface area contributed by atoms with E-state index in [1.165, 1.54) is 0 Å². The highest BCUT2D eigenvalue weighted by Crippen LogP contribution is 2.52. The largest absolute Gasteiger partial charge is 0.460 e. The molecule has 3 aliphatic heterocycles. The van der Waals surface area contributed by atoms with Gasteiger partial charge in [0, 0.05) is 32.7 Å². The van der Waals surface area contributed by atoms with Crippen LogP contribution in [-0.2, 0) is 23.8 Å². The Kier molecular flexibility index (Phi) is 5.73. The first-order valence-electron chi connectivity index (χ1n) is 10.3. The average Bonchev–Trinajstić information content (AvgIpc) is 2.99. The summed E-state index contributed by atoms with van der Waals surface area (Å²) < 4.78 is 16.6. The molecule has 156 valence electrons. The van der Waals surface area contributed by atoms with Gasteiger partial charge in [-0.1, -0.05) is 0 Å². The molecule has 0 radical (unpaired) electrons. The van der Waals surface area contributed by atoms with Crippen molar-refractivity contribution in [1.82, 2.24) is 9.80 Å². The number of hydrogen-bond acceptors (Lipinski definition) is 7. The van der Waals surface area contributed by atoms with E-state index in [9.17, 15) is 14.7 Å². The minimum Gasteiger partial charge on any atom is -0.460 e. The predicted molar refractivity (Wildman–Crippen MR) is 99.2 cm³/mol. The Morgan fingerprint density at radius 1 is 1.32 bits per heavy atom. The number of nitrogens with zero attached hydrogens (tertiary/aromatic N) is 2. The van der Waals surface area contributed by atoms with E-state index in [-0.39, 0.29) is 30.6 Å². The van der Waals surface area contributed by atoms with Gasteiger partial charge in [-0.3, -0.25) is 9.69 Å². The first-order valence-corrected chi connectivity index (χ1v) is 10.3. The number of fused-ring (bicyclic) bond motifs is 3. The van der Waals surface area contributed by atoms with Crippen LogP contribution >= 0.6 is 0 Å². The lowest BCUT2D eigenvalue weighted by atomic mass is 9.72. The summed E-state index contributed by atoms with van der Waals surface area (Å²) in [6.45, 7) is 5.66. The van der Waals surface area contributed by atoms with Crippen LogP contribution in [0.3, 0.4) is 0 Å². The van der Waals surface area contributed by atoms with Crippen molar-refractivity contribution in [2.75, 3.05) is 46.6 Å². The monoisotopic (exact) mass is 394 g/mol. The van der Waals surface area contributed by atoms with Gasteiger partial charge >= 0.3 is 5.97 Å². The number of carbonyl (C=O) groups excluding carboxylic acids is 2. The highest BCUT2D eigenvalue weighted by atomic mass is 16.5. The Bertz CT molecular complexity index is 657. The van der Waals surface area contributed by atoms with E-state index < -0.39 is 18.0 Å². The van der Waals surface area contributed by atoms with Crippen LogP contribution < -0.4 is 0 Å². The maximum Gasteiger partial charge on any atom is 0.355 e. The van der Waals surface area contributed by atoms with E-state index in [1.807, 2.05) is 0 Å². The van der Waals surface area contributed by atoms with Crippen molar-refractivity contribution in [2.45, 2.75) is 44.4 Å². The fourth-order valence-corrected chi connectivity index (χ4v) is 5.23. The van der Waals surface area contributed by atoms with Gasteiger partial charge in [0.25, 0.3) is 0 Å². The predicted octanol–water partition coefficient (Wildman–Crippen LogP) is 0.152. The van der Waals surface area contributed by atoms with Crippen molar-refractivity contribution >= 4 is 11.9 Å². The highest BCUT2D eigenvalue weighted by molar-refractivity contribution is 6.01. The molecule has 8 heteroatoms. The smallest absolute Gasteiger partial charge is 0.355 e. The first kappa shape index (κ1) is 19.8. The molecule has 1 saturated carbocycles. The lowest BCUT2D eigenvalue weighted by Crippen LogP contribution is -2.64. The fraction of sp³-hybridized carbons (Fsp3) is 0.800. The molecule has 4 aliphatic rings. The summed E-state index contributed by atoms with van der Waals surface area (Å²) in [7, 11) is 1.64. The molecule has 3 heterocycles. The van der Waals surface area contributed by atoms with Crippen LogP contribution in [0.1, 0.15) is 26.2 Å². The van der Waals surface area contributed by atoms with Gasteiger partial charge < -0.3 is 24.2 Å². The van der Waals surface area contributed by atoms with E-state index >= 15 is 0 Å². The van der Waals surface area contributed by atoms with Crippen LogP contribution in [0.15, 0.2) is 11.3 Å². The third-order valence-electron chi connectivity index (χ3n) is 6.59. The lowest BCUT2D eigenvalue weighted by molar-refractivity contribution is -0.164. The number of esters is 1. The zero-order valence-corrected chi connectivity index (χ0v) is 16.6. The summed E-state index contributed by atoms with van der Waals surface area (Å²) in [5, 5.41) is 10.1. The number of hydrogen-bond donors (Lipinski definition) is 1. The molecule has 0 bridgehead atoms. The van der Waals surface area contributed by atoms with Gasteiger partial charge in [0.2, 0.25) is 5.91 Å². The van der Waals surface area contributed by atoms with Gasteiger partial charge in [-0.05, 0) is 31.8 Å². The van der Waals surface area contributed by atoms with Crippen LogP contribution in [0.4, 0.5) is 0 Å². The van der Waals surface area contributed by atoms with Crippen molar-refractivity contribution < 1.29 is 28.9 Å². The number of aliphatic hydroxyl groups excluding tert-OH is 1. The molecular formula is C20H30N2O6. The van der Waals surface area contributed by atoms with Gasteiger partial charge in [0.15, 0.2) is 0 Å². The maximum absolute atomic E-state index is 13.0. The third kappa shape index (κ3) is 3.26. The molecule has 0 spiro atoms. The number of β-lactam (4-membered cyclic amide) rings is 1. The molecule has 0 aromatic heterocycles. The Morgan fingerprint density at radius 2 is 2.07 bits per heavy atom. The number of amides is 1. The van der Waals surface area contributed by atoms with Gasteiger partial charge in [0.05, 0.1) is 37.4 Å². The SMILES string of the molecule is CO[C@H]1CCC[C@H]2C1=C(C(=O)OCCN1CCOCC1)N1C(=O)[C@H]([C@@H](C)O)[C@@H]21. The normalized spacial score (nSPS) is 34.0. The topological polar surface area (TPSA) is 88.5 Å². The van der Waals surface area contributed by atoms with E-state index in [1.54, 1.807) is 18.9 Å². The minimum absolute atomic E-state index is 0.0674. The molecule has 0 aromatic rings. The third-order valence-corrected chi connectivity index (χ3v) is 6.59. The Balaban J connectivity index is 1.50. The number of methoxy groups -OCH3 is 1. The summed E-state index contributed by atoms with van der Waals surface area (Å²) in [6, 6.07) is -0.151. The summed E-state index contributed by atoms with van der Waals surface area (Å²) in [5.74, 6) is -1.01. The van der Waals surface area contributed by atoms with Gasteiger partial charge in [-0.25, -0.2) is 4.79 Å². The quantitative estimate of drug-likeness (QED) is 0.507. The molecule has 0 unspecified atom stereocenters. The fourth-order valence-electron chi connectivity index (χ4n) is 5.23. The average molecular weight is 394 g/mol. The van der Waals surface area contributed by atoms with Crippen molar-refractivity contribution in [1.29, 1.82) is 0 Å². The van der Waals surface area contributed by atoms with Gasteiger partial charge in [-0.15, -0.1) is 0 Å². The molecule has 1 aliphatic carbocycles. The second kappa shape index (κ2) is 8.10. The summed E-state index contributed by atoms with van der Waals surface area (Å²) >= 11 is 0. The van der Waals surface area contributed by atoms with E-state index in [0.29, 0.717) is 25.5 Å². The summed E-state index contributed by atoms with van der Waals surface area (Å²) in [6.07, 6.45) is 1.82. The summed E-state index contributed by atoms with van der Waals surface area (Å²) in [5.41, 5.74) is 1.26.